The predicted molar refractivity (Wildman–Crippen MR) is 59.3 cm³/mol. The second-order valence-electron chi connectivity index (χ2n) is 4.59. The van der Waals surface area contributed by atoms with Crippen LogP contribution >= 0.6 is 0 Å². The number of furan rings is 1. The third-order valence-corrected chi connectivity index (χ3v) is 2.84. The molecule has 0 radical (unpaired) electrons. The van der Waals surface area contributed by atoms with E-state index in [9.17, 15) is 0 Å². The van der Waals surface area contributed by atoms with Crippen LogP contribution < -0.4 is 0 Å². The average Bonchev–Trinajstić information content (AvgIpc) is 2.51. The van der Waals surface area contributed by atoms with Gasteiger partial charge in [0.15, 0.2) is 0 Å². The standard InChI is InChI=1S/C12H22NO/c1-5-13(3,4)10-6-7-12-9-8-11(2)14-12/h8-9H,5-7,10H2,1-4H3/q+1. The van der Waals surface area contributed by atoms with E-state index in [1.165, 1.54) is 19.5 Å². The zero-order valence-electron chi connectivity index (χ0n) is 9.84. The number of aryl methyl sites for hydroxylation is 2. The van der Waals surface area contributed by atoms with Crippen LogP contribution in [0.15, 0.2) is 16.5 Å². The van der Waals surface area contributed by atoms with Crippen molar-refractivity contribution in [2.75, 3.05) is 27.2 Å². The summed E-state index contributed by atoms with van der Waals surface area (Å²) < 4.78 is 6.62. The number of hydrogen-bond acceptors (Lipinski definition) is 1. The molecule has 0 atom stereocenters. The Kier molecular flexibility index (Phi) is 3.76. The van der Waals surface area contributed by atoms with Gasteiger partial charge >= 0.3 is 0 Å². The minimum Gasteiger partial charge on any atom is -0.466 e. The topological polar surface area (TPSA) is 13.1 Å². The van der Waals surface area contributed by atoms with E-state index in [1.54, 1.807) is 0 Å². The van der Waals surface area contributed by atoms with Gasteiger partial charge in [-0.1, -0.05) is 0 Å². The summed E-state index contributed by atoms with van der Waals surface area (Å²) in [6.07, 6.45) is 2.27. The van der Waals surface area contributed by atoms with Crippen molar-refractivity contribution >= 4 is 0 Å². The molecule has 2 nitrogen and oxygen atoms in total. The SMILES string of the molecule is CC[N+](C)(C)CCCc1ccc(C)o1. The second kappa shape index (κ2) is 4.65. The Labute approximate surface area is 87.1 Å². The summed E-state index contributed by atoms with van der Waals surface area (Å²) in [5.41, 5.74) is 0. The van der Waals surface area contributed by atoms with Gasteiger partial charge < -0.3 is 8.90 Å². The Balaban J connectivity index is 2.28. The maximum atomic E-state index is 5.52. The molecule has 0 N–H and O–H groups in total. The van der Waals surface area contributed by atoms with Gasteiger partial charge in [0, 0.05) is 12.8 Å². The summed E-state index contributed by atoms with van der Waals surface area (Å²) in [6.45, 7) is 6.64. The molecule has 0 aliphatic rings. The van der Waals surface area contributed by atoms with Crippen molar-refractivity contribution in [3.63, 3.8) is 0 Å². The van der Waals surface area contributed by atoms with Gasteiger partial charge in [-0.05, 0) is 26.0 Å². The molecule has 0 spiro atoms. The Hall–Kier alpha value is -0.760. The maximum absolute atomic E-state index is 5.52. The highest BCUT2D eigenvalue weighted by atomic mass is 16.3. The molecule has 1 aromatic rings. The van der Waals surface area contributed by atoms with E-state index >= 15 is 0 Å². The molecule has 0 saturated heterocycles. The molecule has 0 unspecified atom stereocenters. The third-order valence-electron chi connectivity index (χ3n) is 2.84. The summed E-state index contributed by atoms with van der Waals surface area (Å²) in [7, 11) is 4.54. The van der Waals surface area contributed by atoms with Crippen LogP contribution in [-0.4, -0.2) is 31.7 Å². The van der Waals surface area contributed by atoms with E-state index in [0.717, 1.165) is 22.4 Å². The van der Waals surface area contributed by atoms with Gasteiger partial charge in [0.2, 0.25) is 0 Å². The zero-order valence-corrected chi connectivity index (χ0v) is 9.84. The molecule has 0 aliphatic carbocycles. The molecule has 0 aromatic carbocycles. The van der Waals surface area contributed by atoms with Crippen LogP contribution in [-0.2, 0) is 6.42 Å². The third kappa shape index (κ3) is 3.54. The number of hydrogen-bond donors (Lipinski definition) is 0. The molecule has 0 fully saturated rings. The van der Waals surface area contributed by atoms with Crippen molar-refractivity contribution in [1.29, 1.82) is 0 Å². The highest BCUT2D eigenvalue weighted by Gasteiger charge is 2.11. The molecule has 0 bridgehead atoms. The van der Waals surface area contributed by atoms with Gasteiger partial charge in [-0.3, -0.25) is 0 Å². The van der Waals surface area contributed by atoms with E-state index in [-0.39, 0.29) is 0 Å². The quantitative estimate of drug-likeness (QED) is 0.660. The lowest BCUT2D eigenvalue weighted by Crippen LogP contribution is -2.40. The summed E-state index contributed by atoms with van der Waals surface area (Å²) >= 11 is 0. The maximum Gasteiger partial charge on any atom is 0.104 e. The van der Waals surface area contributed by atoms with Crippen LogP contribution in [0.25, 0.3) is 0 Å². The number of rotatable bonds is 5. The largest absolute Gasteiger partial charge is 0.466 e. The van der Waals surface area contributed by atoms with Gasteiger partial charge in [0.1, 0.15) is 11.5 Å². The van der Waals surface area contributed by atoms with Gasteiger partial charge in [-0.15, -0.1) is 0 Å². The molecular formula is C12H22NO+. The van der Waals surface area contributed by atoms with Crippen molar-refractivity contribution in [2.24, 2.45) is 0 Å². The molecule has 2 heteroatoms. The first-order chi connectivity index (χ1) is 6.53. The van der Waals surface area contributed by atoms with Crippen molar-refractivity contribution in [2.45, 2.75) is 26.7 Å². The lowest BCUT2D eigenvalue weighted by atomic mass is 10.2. The van der Waals surface area contributed by atoms with Crippen LogP contribution in [0.2, 0.25) is 0 Å². The number of nitrogens with zero attached hydrogens (tertiary/aromatic N) is 1. The molecule has 0 aliphatic heterocycles. The summed E-state index contributed by atoms with van der Waals surface area (Å²) in [6, 6.07) is 4.12. The first-order valence-electron chi connectivity index (χ1n) is 5.41. The Morgan fingerprint density at radius 1 is 1.29 bits per heavy atom. The molecule has 0 saturated carbocycles. The van der Waals surface area contributed by atoms with Crippen LogP contribution in [0.1, 0.15) is 24.9 Å². The molecule has 1 heterocycles. The van der Waals surface area contributed by atoms with Gasteiger partial charge in [0.05, 0.1) is 27.2 Å². The smallest absolute Gasteiger partial charge is 0.104 e. The minimum absolute atomic E-state index is 1.02. The fraction of sp³-hybridized carbons (Fsp3) is 0.667. The molecule has 1 rings (SSSR count). The summed E-state index contributed by atoms with van der Waals surface area (Å²) in [5.74, 6) is 2.14. The van der Waals surface area contributed by atoms with Crippen LogP contribution in [0.4, 0.5) is 0 Å². The van der Waals surface area contributed by atoms with E-state index in [4.69, 9.17) is 4.42 Å². The van der Waals surface area contributed by atoms with Crippen molar-refractivity contribution in [3.05, 3.63) is 23.7 Å². The Morgan fingerprint density at radius 2 is 2.00 bits per heavy atom. The van der Waals surface area contributed by atoms with E-state index in [1.807, 2.05) is 13.0 Å². The Bertz CT molecular complexity index is 276. The van der Waals surface area contributed by atoms with E-state index in [0.29, 0.717) is 0 Å². The predicted octanol–water partition coefficient (Wildman–Crippen LogP) is 2.62. The minimum atomic E-state index is 1.02. The molecule has 80 valence electrons. The van der Waals surface area contributed by atoms with Gasteiger partial charge in [-0.25, -0.2) is 0 Å². The lowest BCUT2D eigenvalue weighted by Gasteiger charge is -2.27. The van der Waals surface area contributed by atoms with E-state index < -0.39 is 0 Å². The van der Waals surface area contributed by atoms with Crippen molar-refractivity contribution < 1.29 is 8.90 Å². The second-order valence-corrected chi connectivity index (χ2v) is 4.59. The first-order valence-corrected chi connectivity index (χ1v) is 5.41. The highest BCUT2D eigenvalue weighted by Crippen LogP contribution is 2.09. The highest BCUT2D eigenvalue weighted by molar-refractivity contribution is 5.05. The molecule has 1 aromatic heterocycles. The Morgan fingerprint density at radius 3 is 2.50 bits per heavy atom. The summed E-state index contributed by atoms with van der Waals surface area (Å²) in [5, 5.41) is 0. The number of quaternary nitrogens is 1. The monoisotopic (exact) mass is 196 g/mol. The van der Waals surface area contributed by atoms with Crippen LogP contribution in [0.5, 0.6) is 0 Å². The van der Waals surface area contributed by atoms with Gasteiger partial charge in [0.25, 0.3) is 0 Å². The van der Waals surface area contributed by atoms with Gasteiger partial charge in [-0.2, -0.15) is 0 Å². The first kappa shape index (κ1) is 11.3. The zero-order chi connectivity index (χ0) is 10.6. The summed E-state index contributed by atoms with van der Waals surface area (Å²) in [4.78, 5) is 0. The average molecular weight is 196 g/mol. The molecule has 0 amide bonds. The lowest BCUT2D eigenvalue weighted by molar-refractivity contribution is -0.888. The van der Waals surface area contributed by atoms with Crippen molar-refractivity contribution in [1.82, 2.24) is 0 Å². The normalized spacial score (nSPS) is 12.0. The fourth-order valence-electron chi connectivity index (χ4n) is 1.46. The fourth-order valence-corrected chi connectivity index (χ4v) is 1.46. The molecule has 14 heavy (non-hydrogen) atoms. The van der Waals surface area contributed by atoms with E-state index in [2.05, 4.69) is 27.1 Å². The molecular weight excluding hydrogens is 174 g/mol. The van der Waals surface area contributed by atoms with Crippen LogP contribution in [0.3, 0.4) is 0 Å². The van der Waals surface area contributed by atoms with Crippen LogP contribution in [0, 0.1) is 6.92 Å². The van der Waals surface area contributed by atoms with Crippen molar-refractivity contribution in [3.8, 4) is 0 Å².